The van der Waals surface area contributed by atoms with Gasteiger partial charge in [-0.3, -0.25) is 14.9 Å². The Kier molecular flexibility index (Phi) is 5.07. The average Bonchev–Trinajstić information content (AvgIpc) is 2.44. The van der Waals surface area contributed by atoms with Crippen LogP contribution in [-0.2, 0) is 11.2 Å². The van der Waals surface area contributed by atoms with E-state index in [9.17, 15) is 20.0 Å². The van der Waals surface area contributed by atoms with Crippen LogP contribution in [0.1, 0.15) is 32.3 Å². The largest absolute Gasteiger partial charge is 0.496 e. The normalized spacial score (nSPS) is 11.2. The van der Waals surface area contributed by atoms with Crippen molar-refractivity contribution >= 4 is 11.7 Å². The van der Waals surface area contributed by atoms with E-state index in [4.69, 9.17) is 4.74 Å². The molecule has 0 fully saturated rings. The summed E-state index contributed by atoms with van der Waals surface area (Å²) in [5.41, 5.74) is -0.395. The number of non-ortho nitro benzene ring substituents is 1. The van der Waals surface area contributed by atoms with Crippen LogP contribution >= 0.6 is 0 Å². The van der Waals surface area contributed by atoms with Gasteiger partial charge in [-0.25, -0.2) is 0 Å². The van der Waals surface area contributed by atoms with Crippen molar-refractivity contribution in [2.24, 2.45) is 5.41 Å². The molecule has 0 radical (unpaired) electrons. The molecule has 0 unspecified atom stereocenters. The zero-order chi connectivity index (χ0) is 15.3. The number of nitro groups is 1. The number of carboxylic acids is 1. The van der Waals surface area contributed by atoms with Crippen LogP contribution in [0.2, 0.25) is 0 Å². The highest BCUT2D eigenvalue weighted by molar-refractivity contribution is 5.75. The number of benzene rings is 1. The summed E-state index contributed by atoms with van der Waals surface area (Å²) in [7, 11) is 1.42. The smallest absolute Gasteiger partial charge is 0.309 e. The standard InChI is InChI=1S/C14H19NO5/c1-4-14(5-2,13(16)17)9-10-6-11(15(18)19)8-12(7-10)20-3/h6-8H,4-5,9H2,1-3H3,(H,16,17). The number of nitrogens with zero attached hydrogens (tertiary/aromatic N) is 1. The number of aliphatic carboxylic acids is 1. The molecule has 1 aromatic rings. The van der Waals surface area contributed by atoms with Gasteiger partial charge in [0.25, 0.3) is 5.69 Å². The SMILES string of the molecule is CCC(CC)(Cc1cc(OC)cc([N+](=O)[O-])c1)C(=O)O. The summed E-state index contributed by atoms with van der Waals surface area (Å²) < 4.78 is 5.04. The maximum atomic E-state index is 11.5. The summed E-state index contributed by atoms with van der Waals surface area (Å²) in [6.45, 7) is 3.62. The molecular weight excluding hydrogens is 262 g/mol. The lowest BCUT2D eigenvalue weighted by molar-refractivity contribution is -0.385. The first kappa shape index (κ1) is 15.9. The minimum absolute atomic E-state index is 0.0918. The number of methoxy groups -OCH3 is 1. The van der Waals surface area contributed by atoms with E-state index < -0.39 is 16.3 Å². The van der Waals surface area contributed by atoms with Crippen LogP contribution in [0.3, 0.4) is 0 Å². The number of hydrogen-bond donors (Lipinski definition) is 1. The number of rotatable bonds is 7. The molecule has 110 valence electrons. The number of hydrogen-bond acceptors (Lipinski definition) is 4. The van der Waals surface area contributed by atoms with E-state index in [1.54, 1.807) is 6.07 Å². The molecule has 0 saturated heterocycles. The Morgan fingerprint density at radius 1 is 1.35 bits per heavy atom. The Morgan fingerprint density at radius 2 is 1.95 bits per heavy atom. The molecule has 1 rings (SSSR count). The maximum Gasteiger partial charge on any atom is 0.309 e. The lowest BCUT2D eigenvalue weighted by atomic mass is 9.77. The van der Waals surface area contributed by atoms with E-state index in [1.807, 2.05) is 13.8 Å². The van der Waals surface area contributed by atoms with Crippen LogP contribution in [0, 0.1) is 15.5 Å². The third-order valence-corrected chi connectivity index (χ3v) is 3.75. The quantitative estimate of drug-likeness (QED) is 0.612. The monoisotopic (exact) mass is 281 g/mol. The van der Waals surface area contributed by atoms with E-state index in [0.29, 0.717) is 24.2 Å². The second-order valence-electron chi connectivity index (χ2n) is 4.77. The molecule has 0 atom stereocenters. The van der Waals surface area contributed by atoms with Crippen molar-refractivity contribution in [3.8, 4) is 5.75 Å². The summed E-state index contributed by atoms with van der Waals surface area (Å²) in [5.74, 6) is -0.520. The molecule has 1 aromatic carbocycles. The van der Waals surface area contributed by atoms with Crippen LogP contribution in [-0.4, -0.2) is 23.1 Å². The molecule has 6 nitrogen and oxygen atoms in total. The molecule has 0 aliphatic carbocycles. The molecule has 0 spiro atoms. The van der Waals surface area contributed by atoms with Gasteiger partial charge in [-0.2, -0.15) is 0 Å². The van der Waals surface area contributed by atoms with Crippen molar-refractivity contribution in [3.05, 3.63) is 33.9 Å². The fourth-order valence-electron chi connectivity index (χ4n) is 2.24. The Bertz CT molecular complexity index is 508. The molecule has 20 heavy (non-hydrogen) atoms. The molecule has 0 saturated carbocycles. The van der Waals surface area contributed by atoms with Crippen LogP contribution < -0.4 is 4.74 Å². The Labute approximate surface area is 117 Å². The maximum absolute atomic E-state index is 11.5. The highest BCUT2D eigenvalue weighted by Crippen LogP contribution is 2.34. The molecule has 0 aliphatic rings. The van der Waals surface area contributed by atoms with Crippen molar-refractivity contribution < 1.29 is 19.6 Å². The predicted molar refractivity (Wildman–Crippen MR) is 74.0 cm³/mol. The fraction of sp³-hybridized carbons (Fsp3) is 0.500. The van der Waals surface area contributed by atoms with Gasteiger partial charge in [-0.05, 0) is 30.9 Å². The van der Waals surface area contributed by atoms with Gasteiger partial charge in [0.15, 0.2) is 0 Å². The van der Waals surface area contributed by atoms with Gasteiger partial charge >= 0.3 is 5.97 Å². The molecule has 0 bridgehead atoms. The lowest BCUT2D eigenvalue weighted by Gasteiger charge is -2.26. The van der Waals surface area contributed by atoms with E-state index in [-0.39, 0.29) is 12.1 Å². The van der Waals surface area contributed by atoms with Gasteiger partial charge in [-0.1, -0.05) is 13.8 Å². The molecule has 1 N–H and O–H groups in total. The summed E-state index contributed by atoms with van der Waals surface area (Å²) in [5, 5.41) is 20.3. The lowest BCUT2D eigenvalue weighted by Crippen LogP contribution is -2.32. The zero-order valence-corrected chi connectivity index (χ0v) is 11.9. The number of carboxylic acid groups (broad SMARTS) is 1. The van der Waals surface area contributed by atoms with Gasteiger partial charge in [-0.15, -0.1) is 0 Å². The van der Waals surface area contributed by atoms with Crippen LogP contribution in [0.4, 0.5) is 5.69 Å². The minimum Gasteiger partial charge on any atom is -0.496 e. The third kappa shape index (κ3) is 3.26. The van der Waals surface area contributed by atoms with E-state index in [2.05, 4.69) is 0 Å². The third-order valence-electron chi connectivity index (χ3n) is 3.75. The zero-order valence-electron chi connectivity index (χ0n) is 11.9. The Balaban J connectivity index is 3.22. The van der Waals surface area contributed by atoms with E-state index in [0.717, 1.165) is 0 Å². The van der Waals surface area contributed by atoms with Crippen LogP contribution in [0.15, 0.2) is 18.2 Å². The number of ether oxygens (including phenoxy) is 1. The first-order valence-electron chi connectivity index (χ1n) is 6.44. The fourth-order valence-corrected chi connectivity index (χ4v) is 2.24. The average molecular weight is 281 g/mol. The molecule has 6 heteroatoms. The number of carbonyl (C=O) groups is 1. The topological polar surface area (TPSA) is 89.7 Å². The highest BCUT2D eigenvalue weighted by atomic mass is 16.6. The summed E-state index contributed by atoms with van der Waals surface area (Å²) >= 11 is 0. The summed E-state index contributed by atoms with van der Waals surface area (Å²) in [4.78, 5) is 21.9. The van der Waals surface area contributed by atoms with Crippen molar-refractivity contribution in [1.29, 1.82) is 0 Å². The predicted octanol–water partition coefficient (Wildman–Crippen LogP) is 3.04. The van der Waals surface area contributed by atoms with Gasteiger partial charge in [0, 0.05) is 6.07 Å². The van der Waals surface area contributed by atoms with E-state index in [1.165, 1.54) is 19.2 Å². The molecule has 0 aliphatic heterocycles. The van der Waals surface area contributed by atoms with Gasteiger partial charge in [0.2, 0.25) is 0 Å². The molecule has 0 amide bonds. The van der Waals surface area contributed by atoms with Gasteiger partial charge in [0.1, 0.15) is 5.75 Å². The Hall–Kier alpha value is -2.11. The second-order valence-corrected chi connectivity index (χ2v) is 4.77. The van der Waals surface area contributed by atoms with Gasteiger partial charge < -0.3 is 9.84 Å². The second kappa shape index (κ2) is 6.36. The highest BCUT2D eigenvalue weighted by Gasteiger charge is 2.35. The summed E-state index contributed by atoms with van der Waals surface area (Å²) in [6.07, 6.45) is 1.17. The van der Waals surface area contributed by atoms with Crippen molar-refractivity contribution in [1.82, 2.24) is 0 Å². The van der Waals surface area contributed by atoms with Crippen molar-refractivity contribution in [2.75, 3.05) is 7.11 Å². The Morgan fingerprint density at radius 3 is 2.35 bits per heavy atom. The van der Waals surface area contributed by atoms with E-state index >= 15 is 0 Å². The van der Waals surface area contributed by atoms with Crippen molar-refractivity contribution in [3.63, 3.8) is 0 Å². The molecular formula is C14H19NO5. The molecule has 0 aromatic heterocycles. The van der Waals surface area contributed by atoms with Crippen LogP contribution in [0.25, 0.3) is 0 Å². The first-order valence-corrected chi connectivity index (χ1v) is 6.44. The van der Waals surface area contributed by atoms with Crippen molar-refractivity contribution in [2.45, 2.75) is 33.1 Å². The molecule has 0 heterocycles. The van der Waals surface area contributed by atoms with Crippen LogP contribution in [0.5, 0.6) is 5.75 Å². The summed E-state index contributed by atoms with van der Waals surface area (Å²) in [6, 6.07) is 4.38. The number of nitro benzene ring substituents is 1. The minimum atomic E-state index is -0.903. The first-order chi connectivity index (χ1) is 9.38. The van der Waals surface area contributed by atoms with Gasteiger partial charge in [0.05, 0.1) is 23.5 Å².